The molecule has 2 aromatic rings. The second kappa shape index (κ2) is 8.75. The number of sulfonamides is 1. The van der Waals surface area contributed by atoms with E-state index in [2.05, 4.69) is 17.1 Å². The van der Waals surface area contributed by atoms with E-state index in [1.807, 2.05) is 24.3 Å². The molecule has 30 heavy (non-hydrogen) atoms. The number of benzene rings is 2. The van der Waals surface area contributed by atoms with Crippen LogP contribution in [0.3, 0.4) is 0 Å². The highest BCUT2D eigenvalue weighted by Gasteiger charge is 2.39. The molecular weight excluding hydrogens is 402 g/mol. The highest BCUT2D eigenvalue weighted by Crippen LogP contribution is 2.27. The molecule has 0 aliphatic carbocycles. The van der Waals surface area contributed by atoms with Crippen LogP contribution in [0.2, 0.25) is 0 Å². The second-order valence-corrected chi connectivity index (χ2v) is 9.63. The summed E-state index contributed by atoms with van der Waals surface area (Å²) in [5.41, 5.74) is 1.74. The van der Waals surface area contributed by atoms with Crippen LogP contribution in [0, 0.1) is 0 Å². The number of amides is 1. The van der Waals surface area contributed by atoms with Crippen molar-refractivity contribution in [1.29, 1.82) is 0 Å². The van der Waals surface area contributed by atoms with Crippen LogP contribution in [-0.4, -0.2) is 57.0 Å². The molecule has 2 aromatic carbocycles. The number of carbonyl (C=O) groups is 1. The van der Waals surface area contributed by atoms with Crippen molar-refractivity contribution in [1.82, 2.24) is 4.31 Å². The average molecular weight is 430 g/mol. The average Bonchev–Trinajstić information content (AvgIpc) is 3.27. The van der Waals surface area contributed by atoms with Crippen molar-refractivity contribution in [3.05, 3.63) is 54.6 Å². The summed E-state index contributed by atoms with van der Waals surface area (Å²) in [6.07, 6.45) is 1.18. The minimum absolute atomic E-state index is 0.216. The van der Waals surface area contributed by atoms with E-state index in [1.165, 1.54) is 4.31 Å². The van der Waals surface area contributed by atoms with Crippen molar-refractivity contribution < 1.29 is 17.9 Å². The lowest BCUT2D eigenvalue weighted by Crippen LogP contribution is -2.43. The van der Waals surface area contributed by atoms with Crippen molar-refractivity contribution in [3.63, 3.8) is 0 Å². The molecule has 2 aliphatic rings. The van der Waals surface area contributed by atoms with E-state index >= 15 is 0 Å². The Bertz CT molecular complexity index is 979. The summed E-state index contributed by atoms with van der Waals surface area (Å²) in [5.74, 6) is -0.292. The van der Waals surface area contributed by atoms with Crippen LogP contribution < -0.4 is 10.2 Å². The fraction of sp³-hybridized carbons (Fsp3) is 0.409. The fourth-order valence-electron chi connectivity index (χ4n) is 4.09. The molecule has 1 N–H and O–H groups in total. The molecule has 7 nitrogen and oxygen atoms in total. The summed E-state index contributed by atoms with van der Waals surface area (Å²) in [6.45, 7) is 4.71. The van der Waals surface area contributed by atoms with Crippen molar-refractivity contribution in [2.24, 2.45) is 0 Å². The standard InChI is InChI=1S/C22H27N3O4S/c1-17-16-29-15-14-24(17)19-11-9-18(10-12-19)23-22(26)21-8-5-13-25(21)30(27,28)20-6-3-2-4-7-20/h2-4,6-7,9-12,17,21H,5,8,13-16H2,1H3,(H,23,26)/t17?,21-/m0/s1. The number of carbonyl (C=O) groups excluding carboxylic acids is 1. The Kier molecular flexibility index (Phi) is 6.08. The zero-order chi connectivity index (χ0) is 21.1. The van der Waals surface area contributed by atoms with E-state index in [0.29, 0.717) is 44.3 Å². The molecule has 2 saturated heterocycles. The number of ether oxygens (including phenoxy) is 1. The third-order valence-electron chi connectivity index (χ3n) is 5.69. The Morgan fingerprint density at radius 1 is 1.07 bits per heavy atom. The molecule has 2 fully saturated rings. The molecule has 0 spiro atoms. The number of nitrogens with zero attached hydrogens (tertiary/aromatic N) is 2. The lowest BCUT2D eigenvalue weighted by molar-refractivity contribution is -0.119. The first kappa shape index (κ1) is 20.8. The van der Waals surface area contributed by atoms with E-state index < -0.39 is 16.1 Å². The SMILES string of the molecule is CC1COCCN1c1ccc(NC(=O)[C@@H]2CCCN2S(=O)(=O)c2ccccc2)cc1. The number of anilines is 2. The van der Waals surface area contributed by atoms with Gasteiger partial charge in [0, 0.05) is 30.5 Å². The number of rotatable bonds is 5. The Balaban J connectivity index is 1.45. The summed E-state index contributed by atoms with van der Waals surface area (Å²) < 4.78 is 32.8. The third-order valence-corrected chi connectivity index (χ3v) is 7.61. The van der Waals surface area contributed by atoms with E-state index in [1.54, 1.807) is 30.3 Å². The summed E-state index contributed by atoms with van der Waals surface area (Å²) in [5, 5.41) is 2.89. The summed E-state index contributed by atoms with van der Waals surface area (Å²) in [6, 6.07) is 15.6. The predicted molar refractivity (Wildman–Crippen MR) is 116 cm³/mol. The van der Waals surface area contributed by atoms with Gasteiger partial charge in [0.25, 0.3) is 0 Å². The van der Waals surface area contributed by atoms with Crippen LogP contribution in [0.1, 0.15) is 19.8 Å². The smallest absolute Gasteiger partial charge is 0.243 e. The maximum atomic E-state index is 13.0. The molecule has 160 valence electrons. The molecule has 2 aliphatic heterocycles. The number of hydrogen-bond acceptors (Lipinski definition) is 5. The molecule has 4 rings (SSSR count). The monoisotopic (exact) mass is 429 g/mol. The number of hydrogen-bond donors (Lipinski definition) is 1. The Hall–Kier alpha value is -2.42. The third kappa shape index (κ3) is 4.21. The van der Waals surface area contributed by atoms with Crippen LogP contribution in [0.15, 0.2) is 59.5 Å². The van der Waals surface area contributed by atoms with Gasteiger partial charge in [-0.2, -0.15) is 4.31 Å². The highest BCUT2D eigenvalue weighted by molar-refractivity contribution is 7.89. The zero-order valence-electron chi connectivity index (χ0n) is 17.0. The molecule has 1 amide bonds. The van der Waals surface area contributed by atoms with Crippen LogP contribution in [-0.2, 0) is 19.6 Å². The zero-order valence-corrected chi connectivity index (χ0v) is 17.8. The van der Waals surface area contributed by atoms with Crippen molar-refractivity contribution >= 4 is 27.3 Å². The predicted octanol–water partition coefficient (Wildman–Crippen LogP) is 2.70. The van der Waals surface area contributed by atoms with E-state index in [0.717, 1.165) is 12.2 Å². The molecule has 0 saturated carbocycles. The Morgan fingerprint density at radius 3 is 2.50 bits per heavy atom. The van der Waals surface area contributed by atoms with Gasteiger partial charge in [0.05, 0.1) is 18.1 Å². The molecule has 2 atom stereocenters. The summed E-state index contributed by atoms with van der Waals surface area (Å²) >= 11 is 0. The first-order chi connectivity index (χ1) is 14.5. The van der Waals surface area contributed by atoms with Gasteiger partial charge in [-0.15, -0.1) is 0 Å². The van der Waals surface area contributed by atoms with Crippen LogP contribution in [0.4, 0.5) is 11.4 Å². The highest BCUT2D eigenvalue weighted by atomic mass is 32.2. The quantitative estimate of drug-likeness (QED) is 0.791. The van der Waals surface area contributed by atoms with E-state index in [9.17, 15) is 13.2 Å². The topological polar surface area (TPSA) is 79.0 Å². The van der Waals surface area contributed by atoms with Gasteiger partial charge >= 0.3 is 0 Å². The van der Waals surface area contributed by atoms with Gasteiger partial charge in [-0.25, -0.2) is 8.42 Å². The molecule has 0 radical (unpaired) electrons. The van der Waals surface area contributed by atoms with Crippen LogP contribution >= 0.6 is 0 Å². The molecule has 1 unspecified atom stereocenters. The first-order valence-corrected chi connectivity index (χ1v) is 11.7. The van der Waals surface area contributed by atoms with E-state index in [4.69, 9.17) is 4.74 Å². The summed E-state index contributed by atoms with van der Waals surface area (Å²) in [7, 11) is -3.70. The van der Waals surface area contributed by atoms with Gasteiger partial charge in [0.2, 0.25) is 15.9 Å². The Labute approximate surface area is 177 Å². The maximum absolute atomic E-state index is 13.0. The lowest BCUT2D eigenvalue weighted by atomic mass is 10.2. The molecule has 0 bridgehead atoms. The van der Waals surface area contributed by atoms with Gasteiger partial charge < -0.3 is 15.0 Å². The molecule has 0 aromatic heterocycles. The number of morpholine rings is 1. The minimum Gasteiger partial charge on any atom is -0.377 e. The minimum atomic E-state index is -3.70. The van der Waals surface area contributed by atoms with Crippen molar-refractivity contribution in [2.45, 2.75) is 36.7 Å². The Morgan fingerprint density at radius 2 is 1.80 bits per heavy atom. The first-order valence-electron chi connectivity index (χ1n) is 10.3. The van der Waals surface area contributed by atoms with E-state index in [-0.39, 0.29) is 10.8 Å². The molecular formula is C22H27N3O4S. The van der Waals surface area contributed by atoms with Gasteiger partial charge in [-0.3, -0.25) is 4.79 Å². The van der Waals surface area contributed by atoms with Crippen molar-refractivity contribution in [2.75, 3.05) is 36.5 Å². The fourth-order valence-corrected chi connectivity index (χ4v) is 5.77. The summed E-state index contributed by atoms with van der Waals surface area (Å²) in [4.78, 5) is 15.4. The van der Waals surface area contributed by atoms with Gasteiger partial charge in [-0.1, -0.05) is 18.2 Å². The molecule has 2 heterocycles. The maximum Gasteiger partial charge on any atom is 0.243 e. The van der Waals surface area contributed by atoms with Crippen LogP contribution in [0.5, 0.6) is 0 Å². The van der Waals surface area contributed by atoms with Gasteiger partial charge in [0.15, 0.2) is 0 Å². The van der Waals surface area contributed by atoms with Gasteiger partial charge in [-0.05, 0) is 56.2 Å². The van der Waals surface area contributed by atoms with Crippen molar-refractivity contribution in [3.8, 4) is 0 Å². The van der Waals surface area contributed by atoms with Crippen LogP contribution in [0.25, 0.3) is 0 Å². The van der Waals surface area contributed by atoms with Gasteiger partial charge in [0.1, 0.15) is 6.04 Å². The number of nitrogens with one attached hydrogen (secondary N) is 1. The normalized spacial score (nSPS) is 22.8. The second-order valence-electron chi connectivity index (χ2n) is 7.74. The largest absolute Gasteiger partial charge is 0.377 e. The lowest BCUT2D eigenvalue weighted by Gasteiger charge is -2.35. The molecule has 8 heteroatoms.